The Morgan fingerprint density at radius 1 is 1.00 bits per heavy atom. The number of hydrogen-bond acceptors (Lipinski definition) is 4. The largest absolute Gasteiger partial charge is 0.496 e. The fourth-order valence-corrected chi connectivity index (χ4v) is 4.24. The van der Waals surface area contributed by atoms with Crippen LogP contribution in [0.1, 0.15) is 40.5 Å². The van der Waals surface area contributed by atoms with E-state index < -0.39 is 0 Å². The van der Waals surface area contributed by atoms with Crippen molar-refractivity contribution in [3.8, 4) is 5.75 Å². The van der Waals surface area contributed by atoms with Crippen molar-refractivity contribution in [3.05, 3.63) is 71.8 Å². The van der Waals surface area contributed by atoms with Crippen molar-refractivity contribution < 1.29 is 19.1 Å². The van der Waals surface area contributed by atoms with Crippen molar-refractivity contribution in [2.45, 2.75) is 19.8 Å². The number of anilines is 1. The Hall–Kier alpha value is -3.67. The lowest BCUT2D eigenvalue weighted by molar-refractivity contribution is -0.121. The summed E-state index contributed by atoms with van der Waals surface area (Å²) in [4.78, 5) is 39.6. The smallest absolute Gasteiger partial charge is 0.254 e. The molecule has 6 nitrogen and oxygen atoms in total. The highest BCUT2D eigenvalue weighted by Crippen LogP contribution is 2.30. The summed E-state index contributed by atoms with van der Waals surface area (Å²) in [5.74, 6) is 0.143. The molecule has 0 saturated carbocycles. The third-order valence-electron chi connectivity index (χ3n) is 5.95. The molecule has 0 radical (unpaired) electrons. The molecule has 0 aliphatic carbocycles. The first-order valence-electron chi connectivity index (χ1n) is 10.7. The maximum absolute atomic E-state index is 13.4. The molecule has 1 unspecified atom stereocenters. The number of piperidine rings is 1. The molecule has 1 N–H and O–H groups in total. The first kappa shape index (κ1) is 21.6. The van der Waals surface area contributed by atoms with Gasteiger partial charge in [0.05, 0.1) is 13.0 Å². The van der Waals surface area contributed by atoms with Gasteiger partial charge in [-0.05, 0) is 49.4 Å². The van der Waals surface area contributed by atoms with E-state index in [1.54, 1.807) is 42.3 Å². The van der Waals surface area contributed by atoms with Crippen LogP contribution in [0.2, 0.25) is 0 Å². The number of hydrogen-bond donors (Lipinski definition) is 1. The van der Waals surface area contributed by atoms with Gasteiger partial charge < -0.3 is 15.0 Å². The maximum Gasteiger partial charge on any atom is 0.254 e. The number of benzene rings is 3. The number of methoxy groups -OCH3 is 1. The molecule has 0 bridgehead atoms. The molecule has 3 aromatic rings. The molecule has 32 heavy (non-hydrogen) atoms. The van der Waals surface area contributed by atoms with E-state index in [1.807, 2.05) is 30.3 Å². The van der Waals surface area contributed by atoms with Crippen LogP contribution in [0, 0.1) is 5.92 Å². The summed E-state index contributed by atoms with van der Waals surface area (Å²) in [7, 11) is 1.61. The van der Waals surface area contributed by atoms with Crippen LogP contribution in [0.4, 0.5) is 5.69 Å². The third-order valence-corrected chi connectivity index (χ3v) is 5.95. The Labute approximate surface area is 187 Å². The Kier molecular flexibility index (Phi) is 6.21. The topological polar surface area (TPSA) is 75.7 Å². The van der Waals surface area contributed by atoms with Crippen LogP contribution < -0.4 is 10.1 Å². The van der Waals surface area contributed by atoms with Gasteiger partial charge in [0.2, 0.25) is 5.91 Å². The number of likely N-dealkylation sites (tertiary alicyclic amines) is 1. The average Bonchev–Trinajstić information content (AvgIpc) is 2.83. The average molecular weight is 431 g/mol. The highest BCUT2D eigenvalue weighted by Gasteiger charge is 2.30. The number of ketones is 1. The molecule has 2 amide bonds. The van der Waals surface area contributed by atoms with E-state index in [4.69, 9.17) is 4.74 Å². The van der Waals surface area contributed by atoms with Crippen LogP contribution in [0.3, 0.4) is 0 Å². The summed E-state index contributed by atoms with van der Waals surface area (Å²) in [6.07, 6.45) is 1.47. The number of carbonyl (C=O) groups excluding carboxylic acids is 3. The predicted molar refractivity (Wildman–Crippen MR) is 124 cm³/mol. The van der Waals surface area contributed by atoms with Crippen molar-refractivity contribution in [2.24, 2.45) is 5.92 Å². The van der Waals surface area contributed by atoms with E-state index in [1.165, 1.54) is 6.92 Å². The standard InChI is InChI=1S/C26H26N2O4/c1-17(29)18-7-5-9-20(15-18)27-25(30)19-8-6-14-28(16-19)26(31)23-12-13-24(32-2)22-11-4-3-10-21(22)23/h3-5,7,9-13,15,19H,6,8,14,16H2,1-2H3,(H,27,30). The SMILES string of the molecule is COc1ccc(C(=O)N2CCCC(C(=O)Nc3cccc(C(C)=O)c3)C2)c2ccccc12. The Morgan fingerprint density at radius 3 is 2.53 bits per heavy atom. The lowest BCUT2D eigenvalue weighted by Crippen LogP contribution is -2.43. The second kappa shape index (κ2) is 9.22. The highest BCUT2D eigenvalue weighted by molar-refractivity contribution is 6.09. The van der Waals surface area contributed by atoms with Gasteiger partial charge in [-0.3, -0.25) is 14.4 Å². The van der Waals surface area contributed by atoms with Crippen LogP contribution in [0.15, 0.2) is 60.7 Å². The molecule has 3 aromatic carbocycles. The summed E-state index contributed by atoms with van der Waals surface area (Å²) < 4.78 is 5.44. The molecule has 0 spiro atoms. The number of Topliss-reactive ketones (excluding diaryl/α,β-unsaturated/α-hetero) is 1. The summed E-state index contributed by atoms with van der Waals surface area (Å²) >= 11 is 0. The number of amides is 2. The number of nitrogens with one attached hydrogen (secondary N) is 1. The number of carbonyl (C=O) groups is 3. The van der Waals surface area contributed by atoms with Gasteiger partial charge in [0.25, 0.3) is 5.91 Å². The molecule has 1 aliphatic rings. The van der Waals surface area contributed by atoms with Crippen LogP contribution in [-0.4, -0.2) is 42.7 Å². The molecular formula is C26H26N2O4. The van der Waals surface area contributed by atoms with E-state index in [9.17, 15) is 14.4 Å². The minimum absolute atomic E-state index is 0.0535. The van der Waals surface area contributed by atoms with Gasteiger partial charge in [0.1, 0.15) is 5.75 Å². The van der Waals surface area contributed by atoms with Crippen LogP contribution >= 0.6 is 0 Å². The molecular weight excluding hydrogens is 404 g/mol. The molecule has 1 fully saturated rings. The van der Waals surface area contributed by atoms with Gasteiger partial charge >= 0.3 is 0 Å². The Balaban J connectivity index is 1.51. The molecule has 164 valence electrons. The summed E-state index contributed by atoms with van der Waals surface area (Å²) in [6.45, 7) is 2.47. The van der Waals surface area contributed by atoms with Gasteiger partial charge in [-0.15, -0.1) is 0 Å². The number of nitrogens with zero attached hydrogens (tertiary/aromatic N) is 1. The maximum atomic E-state index is 13.4. The van der Waals surface area contributed by atoms with Crippen molar-refractivity contribution >= 4 is 34.1 Å². The van der Waals surface area contributed by atoms with Crippen LogP contribution in [0.25, 0.3) is 10.8 Å². The first-order valence-corrected chi connectivity index (χ1v) is 10.7. The molecule has 6 heteroatoms. The van der Waals surface area contributed by atoms with Crippen molar-refractivity contribution in [1.82, 2.24) is 4.90 Å². The highest BCUT2D eigenvalue weighted by atomic mass is 16.5. The van der Waals surface area contributed by atoms with Gasteiger partial charge in [-0.2, -0.15) is 0 Å². The summed E-state index contributed by atoms with van der Waals surface area (Å²) in [5.41, 5.74) is 1.75. The zero-order chi connectivity index (χ0) is 22.7. The van der Waals surface area contributed by atoms with Crippen LogP contribution in [-0.2, 0) is 4.79 Å². The van der Waals surface area contributed by atoms with E-state index in [2.05, 4.69) is 5.32 Å². The van der Waals surface area contributed by atoms with Crippen molar-refractivity contribution in [2.75, 3.05) is 25.5 Å². The molecule has 1 heterocycles. The number of rotatable bonds is 5. The molecule has 0 aromatic heterocycles. The molecule has 1 aliphatic heterocycles. The molecule has 1 atom stereocenters. The van der Waals surface area contributed by atoms with Crippen molar-refractivity contribution in [1.29, 1.82) is 0 Å². The molecule has 4 rings (SSSR count). The number of fused-ring (bicyclic) bond motifs is 1. The Morgan fingerprint density at radius 2 is 1.78 bits per heavy atom. The second-order valence-corrected chi connectivity index (χ2v) is 8.08. The second-order valence-electron chi connectivity index (χ2n) is 8.08. The van der Waals surface area contributed by atoms with Gasteiger partial charge in [0, 0.05) is 35.3 Å². The van der Waals surface area contributed by atoms with E-state index in [0.717, 1.165) is 22.9 Å². The third kappa shape index (κ3) is 4.35. The lowest BCUT2D eigenvalue weighted by atomic mass is 9.95. The fourth-order valence-electron chi connectivity index (χ4n) is 4.24. The van der Waals surface area contributed by atoms with E-state index >= 15 is 0 Å². The Bertz CT molecular complexity index is 1190. The van der Waals surface area contributed by atoms with E-state index in [0.29, 0.717) is 36.3 Å². The normalized spacial score (nSPS) is 15.9. The van der Waals surface area contributed by atoms with Crippen molar-refractivity contribution in [3.63, 3.8) is 0 Å². The first-order chi connectivity index (χ1) is 15.5. The summed E-state index contributed by atoms with van der Waals surface area (Å²) in [5, 5.41) is 4.63. The fraction of sp³-hybridized carbons (Fsp3) is 0.269. The minimum atomic E-state index is -0.307. The summed E-state index contributed by atoms with van der Waals surface area (Å²) in [6, 6.07) is 18.2. The van der Waals surface area contributed by atoms with Crippen LogP contribution in [0.5, 0.6) is 5.75 Å². The van der Waals surface area contributed by atoms with E-state index in [-0.39, 0.29) is 23.5 Å². The predicted octanol–water partition coefficient (Wildman–Crippen LogP) is 4.54. The zero-order valence-corrected chi connectivity index (χ0v) is 18.3. The van der Waals surface area contributed by atoms with Gasteiger partial charge in [-0.1, -0.05) is 36.4 Å². The zero-order valence-electron chi connectivity index (χ0n) is 18.3. The number of ether oxygens (including phenoxy) is 1. The minimum Gasteiger partial charge on any atom is -0.496 e. The molecule has 1 saturated heterocycles. The lowest BCUT2D eigenvalue weighted by Gasteiger charge is -2.32. The van der Waals surface area contributed by atoms with Gasteiger partial charge in [-0.25, -0.2) is 0 Å². The quantitative estimate of drug-likeness (QED) is 0.603. The van der Waals surface area contributed by atoms with Gasteiger partial charge in [0.15, 0.2) is 5.78 Å². The monoisotopic (exact) mass is 430 g/mol.